The first-order valence-corrected chi connectivity index (χ1v) is 13.7. The van der Waals surface area contributed by atoms with Crippen LogP contribution in [0.4, 0.5) is 8.78 Å². The second-order valence-corrected chi connectivity index (χ2v) is 10.4. The molecule has 0 saturated carbocycles. The number of halogens is 2. The Kier molecular flexibility index (Phi) is 5.54. The molecule has 0 bridgehead atoms. The molecule has 1 aliphatic rings. The van der Waals surface area contributed by atoms with Crippen LogP contribution in [0.3, 0.4) is 0 Å². The van der Waals surface area contributed by atoms with E-state index in [4.69, 9.17) is 9.15 Å². The smallest absolute Gasteiger partial charge is 0.178 e. The average molecular weight is 549 g/mol. The second kappa shape index (κ2) is 9.57. The van der Waals surface area contributed by atoms with Crippen molar-refractivity contribution >= 4 is 34.1 Å². The van der Waals surface area contributed by atoms with E-state index in [9.17, 15) is 0 Å². The molecular formula is C38H22F2O2. The van der Waals surface area contributed by atoms with Crippen molar-refractivity contribution in [3.63, 3.8) is 0 Å². The SMILES string of the molecule is Fc1ccccc1-c1cc(-c2ccccc2F)cc(-c2cccc3c2Oc2c(ccc4c2oc2ccccc24)C=C3)c1. The van der Waals surface area contributed by atoms with Crippen LogP contribution >= 0.6 is 0 Å². The first-order chi connectivity index (χ1) is 20.6. The normalized spacial score (nSPS) is 12.1. The first kappa shape index (κ1) is 24.3. The Morgan fingerprint density at radius 2 is 1.02 bits per heavy atom. The van der Waals surface area contributed by atoms with E-state index in [0.717, 1.165) is 38.6 Å². The molecule has 2 nitrogen and oxygen atoms in total. The lowest BCUT2D eigenvalue weighted by Crippen LogP contribution is -1.94. The molecule has 200 valence electrons. The van der Waals surface area contributed by atoms with Gasteiger partial charge in [-0.3, -0.25) is 0 Å². The lowest BCUT2D eigenvalue weighted by molar-refractivity contribution is 0.477. The van der Waals surface area contributed by atoms with Crippen LogP contribution in [0.5, 0.6) is 11.5 Å². The summed E-state index contributed by atoms with van der Waals surface area (Å²) in [5, 5.41) is 2.00. The third-order valence-corrected chi connectivity index (χ3v) is 7.84. The predicted octanol–water partition coefficient (Wildman–Crippen LogP) is 11.1. The molecule has 1 aliphatic heterocycles. The standard InChI is InChI=1S/C38H22F2O2/c39-33-13-4-1-9-28(33)25-20-26(29-10-2-5-14-34(29)40)22-27(21-25)30-12-7-8-23-16-17-24-18-19-32-31-11-3-6-15-35(31)41-38(32)37(24)42-36(23)30/h1-22H. The van der Waals surface area contributed by atoms with Crippen molar-refractivity contribution in [2.24, 2.45) is 0 Å². The Labute approximate surface area is 240 Å². The molecular weight excluding hydrogens is 526 g/mol. The van der Waals surface area contributed by atoms with Crippen molar-refractivity contribution in [2.75, 3.05) is 0 Å². The monoisotopic (exact) mass is 548 g/mol. The summed E-state index contributed by atoms with van der Waals surface area (Å²) in [6.07, 6.45) is 4.05. The van der Waals surface area contributed by atoms with Gasteiger partial charge in [-0.2, -0.15) is 0 Å². The molecule has 0 unspecified atom stereocenters. The zero-order valence-electron chi connectivity index (χ0n) is 22.3. The molecule has 6 aromatic carbocycles. The Bertz CT molecular complexity index is 2140. The van der Waals surface area contributed by atoms with Crippen LogP contribution in [-0.4, -0.2) is 0 Å². The highest BCUT2D eigenvalue weighted by Crippen LogP contribution is 2.46. The van der Waals surface area contributed by atoms with Crippen LogP contribution in [0.15, 0.2) is 126 Å². The lowest BCUT2D eigenvalue weighted by Gasteiger charge is -2.17. The molecule has 0 fully saturated rings. The van der Waals surface area contributed by atoms with Gasteiger partial charge >= 0.3 is 0 Å². The molecule has 0 radical (unpaired) electrons. The number of fused-ring (bicyclic) bond motifs is 6. The highest BCUT2D eigenvalue weighted by atomic mass is 19.1. The van der Waals surface area contributed by atoms with Gasteiger partial charge in [-0.15, -0.1) is 0 Å². The van der Waals surface area contributed by atoms with Gasteiger partial charge in [0.1, 0.15) is 23.0 Å². The number of furan rings is 1. The van der Waals surface area contributed by atoms with Crippen molar-refractivity contribution < 1.29 is 17.9 Å². The van der Waals surface area contributed by atoms with Crippen LogP contribution in [0.1, 0.15) is 11.1 Å². The van der Waals surface area contributed by atoms with Crippen molar-refractivity contribution in [1.29, 1.82) is 0 Å². The van der Waals surface area contributed by atoms with Gasteiger partial charge in [0.05, 0.1) is 0 Å². The van der Waals surface area contributed by atoms with Gasteiger partial charge in [0.25, 0.3) is 0 Å². The molecule has 0 atom stereocenters. The highest BCUT2D eigenvalue weighted by molar-refractivity contribution is 6.08. The van der Waals surface area contributed by atoms with Gasteiger partial charge < -0.3 is 9.15 Å². The minimum atomic E-state index is -0.346. The first-order valence-electron chi connectivity index (χ1n) is 13.7. The maximum atomic E-state index is 15.0. The molecule has 4 heteroatoms. The van der Waals surface area contributed by atoms with Gasteiger partial charge in [-0.25, -0.2) is 8.78 Å². The molecule has 42 heavy (non-hydrogen) atoms. The van der Waals surface area contributed by atoms with Gasteiger partial charge in [-0.1, -0.05) is 91.0 Å². The highest BCUT2D eigenvalue weighted by Gasteiger charge is 2.22. The van der Waals surface area contributed by atoms with Crippen molar-refractivity contribution in [2.45, 2.75) is 0 Å². The molecule has 0 saturated heterocycles. The number of hydrogen-bond donors (Lipinski definition) is 0. The van der Waals surface area contributed by atoms with Gasteiger partial charge in [0, 0.05) is 38.6 Å². The number of benzene rings is 6. The summed E-state index contributed by atoms with van der Waals surface area (Å²) in [6, 6.07) is 36.9. The summed E-state index contributed by atoms with van der Waals surface area (Å²) in [6.45, 7) is 0. The zero-order valence-corrected chi connectivity index (χ0v) is 22.3. The zero-order chi connectivity index (χ0) is 28.2. The van der Waals surface area contributed by atoms with Crippen LogP contribution in [-0.2, 0) is 0 Å². The number of hydrogen-bond acceptors (Lipinski definition) is 2. The molecule has 0 spiro atoms. The topological polar surface area (TPSA) is 22.4 Å². The van der Waals surface area contributed by atoms with Crippen LogP contribution in [0.2, 0.25) is 0 Å². The van der Waals surface area contributed by atoms with Gasteiger partial charge in [0.2, 0.25) is 0 Å². The molecule has 0 amide bonds. The Morgan fingerprint density at radius 1 is 0.452 bits per heavy atom. The summed E-state index contributed by atoms with van der Waals surface area (Å²) in [5.41, 5.74) is 6.99. The Balaban J connectivity index is 1.36. The van der Waals surface area contributed by atoms with Crippen molar-refractivity contribution in [3.05, 3.63) is 144 Å². The summed E-state index contributed by atoms with van der Waals surface area (Å²) in [5.74, 6) is 0.583. The van der Waals surface area contributed by atoms with E-state index in [1.54, 1.807) is 36.4 Å². The Hall–Kier alpha value is -5.48. The molecule has 2 heterocycles. The fourth-order valence-corrected chi connectivity index (χ4v) is 5.81. The predicted molar refractivity (Wildman–Crippen MR) is 165 cm³/mol. The quantitative estimate of drug-likeness (QED) is 0.219. The third kappa shape index (κ3) is 3.92. The largest absolute Gasteiger partial charge is 0.452 e. The maximum Gasteiger partial charge on any atom is 0.178 e. The van der Waals surface area contributed by atoms with Crippen LogP contribution < -0.4 is 4.74 Å². The fourth-order valence-electron chi connectivity index (χ4n) is 5.81. The lowest BCUT2D eigenvalue weighted by atomic mass is 9.92. The van der Waals surface area contributed by atoms with E-state index in [-0.39, 0.29) is 11.6 Å². The summed E-state index contributed by atoms with van der Waals surface area (Å²) in [4.78, 5) is 0. The Morgan fingerprint density at radius 3 is 1.71 bits per heavy atom. The number of ether oxygens (including phenoxy) is 1. The van der Waals surface area contributed by atoms with Crippen molar-refractivity contribution in [1.82, 2.24) is 0 Å². The average Bonchev–Trinajstić information content (AvgIpc) is 3.29. The van der Waals surface area contributed by atoms with Crippen LogP contribution in [0.25, 0.3) is 67.5 Å². The number of para-hydroxylation sites is 2. The van der Waals surface area contributed by atoms with E-state index in [1.165, 1.54) is 12.1 Å². The van der Waals surface area contributed by atoms with Crippen LogP contribution in [0, 0.1) is 11.6 Å². The van der Waals surface area contributed by atoms with E-state index >= 15 is 8.78 Å². The maximum absolute atomic E-state index is 15.0. The number of rotatable bonds is 3. The molecule has 7 aromatic rings. The minimum absolute atomic E-state index is 0.346. The second-order valence-electron chi connectivity index (χ2n) is 10.4. The fraction of sp³-hybridized carbons (Fsp3) is 0. The van der Waals surface area contributed by atoms with E-state index < -0.39 is 0 Å². The van der Waals surface area contributed by atoms with E-state index in [2.05, 4.69) is 6.07 Å². The van der Waals surface area contributed by atoms with Gasteiger partial charge in [-0.05, 0) is 59.2 Å². The molecule has 1 aromatic heterocycles. The summed E-state index contributed by atoms with van der Waals surface area (Å²) >= 11 is 0. The third-order valence-electron chi connectivity index (χ3n) is 7.84. The summed E-state index contributed by atoms with van der Waals surface area (Å²) < 4.78 is 43.1. The van der Waals surface area contributed by atoms with Crippen molar-refractivity contribution in [3.8, 4) is 44.9 Å². The molecule has 0 aliphatic carbocycles. The van der Waals surface area contributed by atoms with E-state index in [0.29, 0.717) is 39.3 Å². The molecule has 8 rings (SSSR count). The van der Waals surface area contributed by atoms with E-state index in [1.807, 2.05) is 78.9 Å². The molecule has 0 N–H and O–H groups in total. The summed E-state index contributed by atoms with van der Waals surface area (Å²) in [7, 11) is 0. The minimum Gasteiger partial charge on any atom is -0.452 e. The van der Waals surface area contributed by atoms with Gasteiger partial charge in [0.15, 0.2) is 11.3 Å².